The summed E-state index contributed by atoms with van der Waals surface area (Å²) in [4.78, 5) is 10.2. The minimum atomic E-state index is 0.884. The molecule has 0 rings (SSSR count). The standard InChI is InChI=1S/C12H20O/c1-4-11(3)7-6-8-12(5-2)9-10-13/h7,9-10H,4-6,8H2,1-3H3. The highest BCUT2D eigenvalue weighted by Crippen LogP contribution is 2.11. The molecule has 0 bridgehead atoms. The van der Waals surface area contributed by atoms with Gasteiger partial charge in [0, 0.05) is 0 Å². The van der Waals surface area contributed by atoms with E-state index in [0.717, 1.165) is 32.0 Å². The average molecular weight is 180 g/mol. The van der Waals surface area contributed by atoms with Crippen molar-refractivity contribution in [3.05, 3.63) is 23.3 Å². The average Bonchev–Trinajstić information content (AvgIpc) is 2.16. The molecule has 0 heterocycles. The quantitative estimate of drug-likeness (QED) is 0.346. The molecule has 0 fully saturated rings. The summed E-state index contributed by atoms with van der Waals surface area (Å²) in [6.07, 6.45) is 9.02. The second-order valence-corrected chi connectivity index (χ2v) is 3.26. The summed E-state index contributed by atoms with van der Waals surface area (Å²) in [5.41, 5.74) is 2.68. The number of rotatable bonds is 6. The van der Waals surface area contributed by atoms with Crippen molar-refractivity contribution in [1.82, 2.24) is 0 Å². The van der Waals surface area contributed by atoms with Gasteiger partial charge >= 0.3 is 0 Å². The fraction of sp³-hybridized carbons (Fsp3) is 0.583. The zero-order valence-corrected chi connectivity index (χ0v) is 8.97. The Bertz CT molecular complexity index is 199. The lowest BCUT2D eigenvalue weighted by atomic mass is 10.1. The maximum absolute atomic E-state index is 10.2. The molecule has 0 unspecified atom stereocenters. The van der Waals surface area contributed by atoms with E-state index in [1.807, 2.05) is 0 Å². The van der Waals surface area contributed by atoms with E-state index in [-0.39, 0.29) is 0 Å². The van der Waals surface area contributed by atoms with E-state index < -0.39 is 0 Å². The fourth-order valence-corrected chi connectivity index (χ4v) is 1.12. The van der Waals surface area contributed by atoms with Gasteiger partial charge in [0.05, 0.1) is 0 Å². The number of hydrogen-bond donors (Lipinski definition) is 0. The highest BCUT2D eigenvalue weighted by atomic mass is 16.1. The summed E-state index contributed by atoms with van der Waals surface area (Å²) in [6.45, 7) is 6.40. The van der Waals surface area contributed by atoms with Crippen molar-refractivity contribution < 1.29 is 4.79 Å². The first-order valence-electron chi connectivity index (χ1n) is 5.03. The van der Waals surface area contributed by atoms with Crippen LogP contribution in [0.25, 0.3) is 0 Å². The SMILES string of the molecule is CCC(C)=CCCC(=CC=O)CC. The Balaban J connectivity index is 3.86. The maximum atomic E-state index is 10.2. The van der Waals surface area contributed by atoms with Gasteiger partial charge in [0.15, 0.2) is 0 Å². The lowest BCUT2D eigenvalue weighted by Gasteiger charge is -2.00. The van der Waals surface area contributed by atoms with Gasteiger partial charge in [-0.3, -0.25) is 4.79 Å². The topological polar surface area (TPSA) is 17.1 Å². The molecule has 1 heteroatoms. The highest BCUT2D eigenvalue weighted by molar-refractivity contribution is 5.66. The summed E-state index contributed by atoms with van der Waals surface area (Å²) in [6, 6.07) is 0. The van der Waals surface area contributed by atoms with Crippen LogP contribution in [-0.4, -0.2) is 6.29 Å². The molecule has 0 aliphatic carbocycles. The van der Waals surface area contributed by atoms with Crippen molar-refractivity contribution in [3.8, 4) is 0 Å². The molecule has 74 valence electrons. The van der Waals surface area contributed by atoms with Gasteiger partial charge in [-0.05, 0) is 38.7 Å². The van der Waals surface area contributed by atoms with Crippen LogP contribution in [0.5, 0.6) is 0 Å². The molecule has 0 aromatic rings. The van der Waals surface area contributed by atoms with Gasteiger partial charge in [0.2, 0.25) is 0 Å². The monoisotopic (exact) mass is 180 g/mol. The van der Waals surface area contributed by atoms with Gasteiger partial charge in [-0.15, -0.1) is 0 Å². The van der Waals surface area contributed by atoms with Crippen molar-refractivity contribution >= 4 is 6.29 Å². The third-order valence-electron chi connectivity index (χ3n) is 2.27. The van der Waals surface area contributed by atoms with Crippen molar-refractivity contribution in [2.45, 2.75) is 46.5 Å². The third-order valence-corrected chi connectivity index (χ3v) is 2.27. The molecule has 13 heavy (non-hydrogen) atoms. The minimum absolute atomic E-state index is 0.884. The van der Waals surface area contributed by atoms with E-state index in [1.165, 1.54) is 11.1 Å². The first-order valence-corrected chi connectivity index (χ1v) is 5.03. The Morgan fingerprint density at radius 2 is 1.92 bits per heavy atom. The lowest BCUT2D eigenvalue weighted by molar-refractivity contribution is -0.104. The Kier molecular flexibility index (Phi) is 7.27. The first kappa shape index (κ1) is 12.2. The van der Waals surface area contributed by atoms with Crippen LogP contribution >= 0.6 is 0 Å². The summed E-state index contributed by atoms with van der Waals surface area (Å²) in [7, 11) is 0. The van der Waals surface area contributed by atoms with Gasteiger partial charge in [-0.25, -0.2) is 0 Å². The molecule has 0 aliphatic rings. The second kappa shape index (κ2) is 7.78. The lowest BCUT2D eigenvalue weighted by Crippen LogP contribution is -1.82. The molecule has 0 amide bonds. The Hall–Kier alpha value is -0.850. The van der Waals surface area contributed by atoms with Crippen molar-refractivity contribution in [1.29, 1.82) is 0 Å². The van der Waals surface area contributed by atoms with Crippen LogP contribution in [-0.2, 0) is 4.79 Å². The molecule has 0 aromatic carbocycles. The van der Waals surface area contributed by atoms with Gasteiger partial charge in [-0.1, -0.05) is 31.1 Å². The summed E-state index contributed by atoms with van der Waals surface area (Å²) >= 11 is 0. The first-order chi connectivity index (χ1) is 6.24. The number of carbonyl (C=O) groups excluding carboxylic acids is 1. The molecule has 0 N–H and O–H groups in total. The van der Waals surface area contributed by atoms with Gasteiger partial charge in [-0.2, -0.15) is 0 Å². The maximum Gasteiger partial charge on any atom is 0.142 e. The van der Waals surface area contributed by atoms with E-state index in [4.69, 9.17) is 0 Å². The van der Waals surface area contributed by atoms with E-state index >= 15 is 0 Å². The van der Waals surface area contributed by atoms with Crippen LogP contribution in [0.4, 0.5) is 0 Å². The Labute approximate surface area is 81.5 Å². The summed E-state index contributed by atoms with van der Waals surface area (Å²) in [5, 5.41) is 0. The fourth-order valence-electron chi connectivity index (χ4n) is 1.12. The van der Waals surface area contributed by atoms with Crippen LogP contribution in [0.3, 0.4) is 0 Å². The molecule has 0 spiro atoms. The second-order valence-electron chi connectivity index (χ2n) is 3.26. The molecule has 0 atom stereocenters. The predicted octanol–water partition coefficient (Wildman–Crippen LogP) is 3.66. The molecule has 1 nitrogen and oxygen atoms in total. The smallest absolute Gasteiger partial charge is 0.142 e. The van der Waals surface area contributed by atoms with Crippen molar-refractivity contribution in [3.63, 3.8) is 0 Å². The molecule has 0 saturated heterocycles. The number of carbonyl (C=O) groups is 1. The van der Waals surface area contributed by atoms with Crippen LogP contribution in [0.1, 0.15) is 46.5 Å². The largest absolute Gasteiger partial charge is 0.299 e. The summed E-state index contributed by atoms with van der Waals surface area (Å²) in [5.74, 6) is 0. The van der Waals surface area contributed by atoms with Crippen LogP contribution in [0.2, 0.25) is 0 Å². The van der Waals surface area contributed by atoms with Crippen LogP contribution in [0.15, 0.2) is 23.3 Å². The Morgan fingerprint density at radius 3 is 2.38 bits per heavy atom. The van der Waals surface area contributed by atoms with Crippen LogP contribution < -0.4 is 0 Å². The molecule has 0 radical (unpaired) electrons. The van der Waals surface area contributed by atoms with Gasteiger partial charge in [0.25, 0.3) is 0 Å². The van der Waals surface area contributed by atoms with Gasteiger partial charge in [0.1, 0.15) is 6.29 Å². The molecule has 0 saturated carbocycles. The molecular weight excluding hydrogens is 160 g/mol. The molecule has 0 aliphatic heterocycles. The van der Waals surface area contributed by atoms with E-state index in [2.05, 4.69) is 26.8 Å². The summed E-state index contributed by atoms with van der Waals surface area (Å²) < 4.78 is 0. The van der Waals surface area contributed by atoms with E-state index in [9.17, 15) is 4.79 Å². The number of aldehydes is 1. The molecular formula is C12H20O. The number of hydrogen-bond acceptors (Lipinski definition) is 1. The zero-order valence-electron chi connectivity index (χ0n) is 8.97. The van der Waals surface area contributed by atoms with Crippen molar-refractivity contribution in [2.24, 2.45) is 0 Å². The zero-order chi connectivity index (χ0) is 10.1. The van der Waals surface area contributed by atoms with Crippen molar-refractivity contribution in [2.75, 3.05) is 0 Å². The van der Waals surface area contributed by atoms with Crippen LogP contribution in [0, 0.1) is 0 Å². The normalized spacial score (nSPS) is 13.2. The third kappa shape index (κ3) is 6.32. The van der Waals surface area contributed by atoms with E-state index in [1.54, 1.807) is 6.08 Å². The minimum Gasteiger partial charge on any atom is -0.299 e. The van der Waals surface area contributed by atoms with Gasteiger partial charge < -0.3 is 0 Å². The molecule has 0 aromatic heterocycles. The predicted molar refractivity (Wildman–Crippen MR) is 57.7 cm³/mol. The number of allylic oxidation sites excluding steroid dienone is 4. The highest BCUT2D eigenvalue weighted by Gasteiger charge is 1.92. The Morgan fingerprint density at radius 1 is 1.23 bits per heavy atom. The van der Waals surface area contributed by atoms with E-state index in [0.29, 0.717) is 0 Å².